The number of rotatable bonds is 0. The van der Waals surface area contributed by atoms with Crippen molar-refractivity contribution in [3.8, 4) is 0 Å². The van der Waals surface area contributed by atoms with Crippen molar-refractivity contribution >= 4 is 0 Å². The summed E-state index contributed by atoms with van der Waals surface area (Å²) in [6, 6.07) is 0. The van der Waals surface area contributed by atoms with Gasteiger partial charge in [0, 0.05) is 6.42 Å². The summed E-state index contributed by atoms with van der Waals surface area (Å²) in [5.41, 5.74) is -1.92. The molecule has 2 saturated heterocycles. The Morgan fingerprint density at radius 2 is 1.92 bits per heavy atom. The molecule has 2 fully saturated rings. The van der Waals surface area contributed by atoms with E-state index in [1.54, 1.807) is 6.92 Å². The molecule has 0 aliphatic carbocycles. The number of aliphatic hydroxyl groups excluding tert-OH is 1. The summed E-state index contributed by atoms with van der Waals surface area (Å²) >= 11 is 0. The van der Waals surface area contributed by atoms with Gasteiger partial charge in [0.1, 0.15) is 5.60 Å². The Hall–Kier alpha value is -0.120. The van der Waals surface area contributed by atoms with Crippen LogP contribution in [0.3, 0.4) is 0 Å². The second kappa shape index (κ2) is 2.27. The predicted molar refractivity (Wildman–Crippen MR) is 48.4 cm³/mol. The first-order chi connectivity index (χ1) is 5.79. The maximum atomic E-state index is 10.2. The highest BCUT2D eigenvalue weighted by atomic mass is 16.6. The summed E-state index contributed by atoms with van der Waals surface area (Å²) in [5, 5.41) is 20.0. The predicted octanol–water partition coefficient (Wildman–Crippen LogP) is 0.830. The van der Waals surface area contributed by atoms with Crippen LogP contribution in [0.5, 0.6) is 0 Å². The quantitative estimate of drug-likeness (QED) is 0.589. The number of hydrogen-bond acceptors (Lipinski definition) is 3. The maximum absolute atomic E-state index is 10.2. The SMILES string of the molecule is CC12CCC(O)C(C)(O1)C(C)(O)C2. The molecule has 76 valence electrons. The molecule has 2 rings (SSSR count). The molecule has 3 heteroatoms. The Morgan fingerprint density at radius 3 is 2.46 bits per heavy atom. The molecular formula is C10H18O3. The van der Waals surface area contributed by atoms with Crippen molar-refractivity contribution < 1.29 is 14.9 Å². The molecular weight excluding hydrogens is 168 g/mol. The third-order valence-electron chi connectivity index (χ3n) is 3.83. The van der Waals surface area contributed by atoms with E-state index in [0.717, 1.165) is 12.8 Å². The molecule has 2 N–H and O–H groups in total. The first-order valence-electron chi connectivity index (χ1n) is 4.90. The summed E-state index contributed by atoms with van der Waals surface area (Å²) < 4.78 is 5.80. The number of ether oxygens (including phenoxy) is 1. The van der Waals surface area contributed by atoms with Crippen molar-refractivity contribution in [2.75, 3.05) is 0 Å². The molecule has 13 heavy (non-hydrogen) atoms. The van der Waals surface area contributed by atoms with Gasteiger partial charge in [-0.3, -0.25) is 0 Å². The van der Waals surface area contributed by atoms with Crippen molar-refractivity contribution in [2.45, 2.75) is 62.9 Å². The molecule has 0 aromatic rings. The van der Waals surface area contributed by atoms with Crippen LogP contribution in [-0.4, -0.2) is 33.1 Å². The van der Waals surface area contributed by atoms with E-state index in [9.17, 15) is 10.2 Å². The van der Waals surface area contributed by atoms with Crippen LogP contribution in [0, 0.1) is 0 Å². The zero-order valence-electron chi connectivity index (χ0n) is 8.50. The lowest BCUT2D eigenvalue weighted by molar-refractivity contribution is -0.215. The molecule has 2 aliphatic rings. The highest BCUT2D eigenvalue weighted by Gasteiger charge is 2.63. The Balaban J connectivity index is 2.40. The molecule has 0 amide bonds. The van der Waals surface area contributed by atoms with Crippen LogP contribution in [0.2, 0.25) is 0 Å². The standard InChI is InChI=1S/C10H18O3/c1-8-5-4-7(11)10(3,13-8)9(2,12)6-8/h7,11-12H,4-6H2,1-3H3. The van der Waals surface area contributed by atoms with Crippen LogP contribution in [0.25, 0.3) is 0 Å². The Morgan fingerprint density at radius 1 is 1.31 bits per heavy atom. The summed E-state index contributed by atoms with van der Waals surface area (Å²) in [6.07, 6.45) is 1.63. The lowest BCUT2D eigenvalue weighted by Crippen LogP contribution is -2.56. The lowest BCUT2D eigenvalue weighted by atomic mass is 9.81. The van der Waals surface area contributed by atoms with Crippen LogP contribution in [0.1, 0.15) is 40.0 Å². The topological polar surface area (TPSA) is 49.7 Å². The van der Waals surface area contributed by atoms with Gasteiger partial charge in [-0.25, -0.2) is 0 Å². The zero-order valence-corrected chi connectivity index (χ0v) is 8.50. The van der Waals surface area contributed by atoms with Crippen LogP contribution in [0.15, 0.2) is 0 Å². The van der Waals surface area contributed by atoms with Gasteiger partial charge in [-0.05, 0) is 33.6 Å². The van der Waals surface area contributed by atoms with E-state index in [0.29, 0.717) is 6.42 Å². The number of fused-ring (bicyclic) bond motifs is 2. The van der Waals surface area contributed by atoms with Crippen molar-refractivity contribution in [3.05, 3.63) is 0 Å². The molecule has 2 aliphatic heterocycles. The summed E-state index contributed by atoms with van der Waals surface area (Å²) in [4.78, 5) is 0. The fraction of sp³-hybridized carbons (Fsp3) is 1.00. The van der Waals surface area contributed by atoms with Gasteiger partial charge in [0.2, 0.25) is 0 Å². The Kier molecular flexibility index (Phi) is 1.65. The first-order valence-corrected chi connectivity index (χ1v) is 4.90. The molecule has 0 saturated carbocycles. The molecule has 4 unspecified atom stereocenters. The summed E-state index contributed by atoms with van der Waals surface area (Å²) in [5.74, 6) is 0. The third kappa shape index (κ3) is 1.07. The van der Waals surface area contributed by atoms with E-state index in [1.807, 2.05) is 13.8 Å². The van der Waals surface area contributed by atoms with Crippen LogP contribution < -0.4 is 0 Å². The third-order valence-corrected chi connectivity index (χ3v) is 3.83. The van der Waals surface area contributed by atoms with E-state index in [1.165, 1.54) is 0 Å². The van der Waals surface area contributed by atoms with Crippen molar-refractivity contribution in [3.63, 3.8) is 0 Å². The van der Waals surface area contributed by atoms with Gasteiger partial charge in [-0.15, -0.1) is 0 Å². The van der Waals surface area contributed by atoms with E-state index < -0.39 is 17.3 Å². The fourth-order valence-electron chi connectivity index (χ4n) is 2.85. The number of aliphatic hydroxyl groups is 2. The van der Waals surface area contributed by atoms with E-state index >= 15 is 0 Å². The Labute approximate surface area is 78.7 Å². The highest BCUT2D eigenvalue weighted by Crippen LogP contribution is 2.53. The van der Waals surface area contributed by atoms with Crippen molar-refractivity contribution in [2.24, 2.45) is 0 Å². The minimum Gasteiger partial charge on any atom is -0.390 e. The van der Waals surface area contributed by atoms with Crippen LogP contribution in [0.4, 0.5) is 0 Å². The molecule has 3 nitrogen and oxygen atoms in total. The fourth-order valence-corrected chi connectivity index (χ4v) is 2.85. The van der Waals surface area contributed by atoms with Gasteiger partial charge >= 0.3 is 0 Å². The minimum atomic E-state index is -0.905. The second-order valence-corrected chi connectivity index (χ2v) is 5.16. The average Bonchev–Trinajstić information content (AvgIpc) is 2.10. The smallest absolute Gasteiger partial charge is 0.120 e. The van der Waals surface area contributed by atoms with Crippen LogP contribution >= 0.6 is 0 Å². The summed E-state index contributed by atoms with van der Waals surface area (Å²) in [7, 11) is 0. The summed E-state index contributed by atoms with van der Waals surface area (Å²) in [6.45, 7) is 5.58. The Bertz CT molecular complexity index is 238. The van der Waals surface area contributed by atoms with Gasteiger partial charge in [-0.1, -0.05) is 0 Å². The monoisotopic (exact) mass is 186 g/mol. The molecule has 2 heterocycles. The molecule has 2 bridgehead atoms. The first kappa shape index (κ1) is 9.44. The largest absolute Gasteiger partial charge is 0.390 e. The lowest BCUT2D eigenvalue weighted by Gasteiger charge is -2.42. The normalized spacial score (nSPS) is 61.2. The highest BCUT2D eigenvalue weighted by molar-refractivity contribution is 5.13. The minimum absolute atomic E-state index is 0.239. The van der Waals surface area contributed by atoms with Gasteiger partial charge in [0.25, 0.3) is 0 Å². The van der Waals surface area contributed by atoms with Gasteiger partial charge in [0.05, 0.1) is 17.3 Å². The molecule has 0 spiro atoms. The van der Waals surface area contributed by atoms with Gasteiger partial charge in [-0.2, -0.15) is 0 Å². The van der Waals surface area contributed by atoms with Crippen molar-refractivity contribution in [1.82, 2.24) is 0 Å². The molecule has 0 radical (unpaired) electrons. The zero-order chi connectivity index (χ0) is 9.91. The van der Waals surface area contributed by atoms with E-state index in [4.69, 9.17) is 4.74 Å². The van der Waals surface area contributed by atoms with E-state index in [2.05, 4.69) is 0 Å². The maximum Gasteiger partial charge on any atom is 0.120 e. The van der Waals surface area contributed by atoms with Crippen LogP contribution in [-0.2, 0) is 4.74 Å². The second-order valence-electron chi connectivity index (χ2n) is 5.16. The average molecular weight is 186 g/mol. The van der Waals surface area contributed by atoms with Crippen molar-refractivity contribution in [1.29, 1.82) is 0 Å². The van der Waals surface area contributed by atoms with Gasteiger partial charge in [0.15, 0.2) is 0 Å². The molecule has 0 aromatic heterocycles. The number of hydrogen-bond donors (Lipinski definition) is 2. The molecule has 0 aromatic carbocycles. The molecule has 4 atom stereocenters. The van der Waals surface area contributed by atoms with Gasteiger partial charge < -0.3 is 14.9 Å². The van der Waals surface area contributed by atoms with E-state index in [-0.39, 0.29) is 5.60 Å².